The summed E-state index contributed by atoms with van der Waals surface area (Å²) in [5.41, 5.74) is -1.29. The van der Waals surface area contributed by atoms with Gasteiger partial charge in [-0.2, -0.15) is 4.39 Å². The fraction of sp³-hybridized carbons (Fsp3) is 0.200. The first kappa shape index (κ1) is 13.3. The molecular weight excluding hydrogens is 282 g/mol. The standard InChI is InChI=1S/C10H7ClF2N4O2/c1-16-8(4-11)14-15-10(16)6-2-5(12)3-7(9(6)13)17(18)19/h2-3H,4H2,1H3. The molecule has 0 saturated heterocycles. The molecule has 1 aromatic heterocycles. The molecule has 0 aliphatic rings. The van der Waals surface area contributed by atoms with Gasteiger partial charge in [0, 0.05) is 7.05 Å². The van der Waals surface area contributed by atoms with Crippen LogP contribution in [0.1, 0.15) is 5.82 Å². The molecule has 0 bridgehead atoms. The molecule has 0 amide bonds. The molecule has 1 aromatic carbocycles. The van der Waals surface area contributed by atoms with Crippen LogP contribution in [0, 0.1) is 21.7 Å². The first-order valence-corrected chi connectivity index (χ1v) is 5.57. The minimum atomic E-state index is -1.16. The van der Waals surface area contributed by atoms with Crippen LogP contribution in [0.3, 0.4) is 0 Å². The largest absolute Gasteiger partial charge is 0.313 e. The van der Waals surface area contributed by atoms with Crippen LogP contribution in [0.25, 0.3) is 11.4 Å². The maximum Gasteiger partial charge on any atom is 0.308 e. The van der Waals surface area contributed by atoms with E-state index in [-0.39, 0.29) is 17.3 Å². The minimum Gasteiger partial charge on any atom is -0.313 e. The van der Waals surface area contributed by atoms with Gasteiger partial charge in [-0.05, 0) is 6.07 Å². The average Bonchev–Trinajstić information content (AvgIpc) is 2.72. The second kappa shape index (κ2) is 4.88. The van der Waals surface area contributed by atoms with Crippen molar-refractivity contribution in [3.05, 3.63) is 39.7 Å². The van der Waals surface area contributed by atoms with Crippen molar-refractivity contribution in [2.75, 3.05) is 0 Å². The van der Waals surface area contributed by atoms with E-state index in [2.05, 4.69) is 10.2 Å². The third-order valence-electron chi connectivity index (χ3n) is 2.54. The van der Waals surface area contributed by atoms with Crippen molar-refractivity contribution in [1.82, 2.24) is 14.8 Å². The highest BCUT2D eigenvalue weighted by Crippen LogP contribution is 2.29. The molecule has 0 aliphatic carbocycles. The lowest BCUT2D eigenvalue weighted by molar-refractivity contribution is -0.387. The Balaban J connectivity index is 2.68. The van der Waals surface area contributed by atoms with Crippen molar-refractivity contribution in [2.45, 2.75) is 5.88 Å². The fourth-order valence-corrected chi connectivity index (χ4v) is 1.82. The van der Waals surface area contributed by atoms with Gasteiger partial charge >= 0.3 is 5.69 Å². The summed E-state index contributed by atoms with van der Waals surface area (Å²) in [5, 5.41) is 18.0. The predicted molar refractivity (Wildman–Crippen MR) is 62.6 cm³/mol. The van der Waals surface area contributed by atoms with Crippen LogP contribution in [-0.4, -0.2) is 19.7 Å². The Labute approximate surface area is 110 Å². The zero-order valence-electron chi connectivity index (χ0n) is 9.60. The topological polar surface area (TPSA) is 73.8 Å². The van der Waals surface area contributed by atoms with E-state index in [1.807, 2.05) is 0 Å². The molecule has 0 N–H and O–H groups in total. The number of rotatable bonds is 3. The number of nitro benzene ring substituents is 1. The van der Waals surface area contributed by atoms with Crippen molar-refractivity contribution >= 4 is 17.3 Å². The van der Waals surface area contributed by atoms with Gasteiger partial charge in [-0.25, -0.2) is 4.39 Å². The highest BCUT2D eigenvalue weighted by Gasteiger charge is 2.24. The third kappa shape index (κ3) is 2.26. The average molecular weight is 289 g/mol. The molecule has 0 atom stereocenters. The molecule has 100 valence electrons. The Morgan fingerprint density at radius 1 is 1.42 bits per heavy atom. The molecular formula is C10H7ClF2N4O2. The molecule has 6 nitrogen and oxygen atoms in total. The van der Waals surface area contributed by atoms with Crippen molar-refractivity contribution in [3.8, 4) is 11.4 Å². The third-order valence-corrected chi connectivity index (χ3v) is 2.78. The maximum atomic E-state index is 14.0. The molecule has 0 fully saturated rings. The summed E-state index contributed by atoms with van der Waals surface area (Å²) in [6.45, 7) is 0. The summed E-state index contributed by atoms with van der Waals surface area (Å²) in [5.74, 6) is -1.76. The van der Waals surface area contributed by atoms with E-state index in [0.29, 0.717) is 11.9 Å². The molecule has 9 heteroatoms. The molecule has 0 spiro atoms. The predicted octanol–water partition coefficient (Wildman–Crippen LogP) is 2.41. The second-order valence-corrected chi connectivity index (χ2v) is 3.94. The molecule has 0 saturated carbocycles. The van der Waals surface area contributed by atoms with Gasteiger partial charge in [0.05, 0.1) is 22.4 Å². The minimum absolute atomic E-state index is 0.0303. The number of alkyl halides is 1. The Bertz CT molecular complexity index is 659. The van der Waals surface area contributed by atoms with Crippen molar-refractivity contribution in [3.63, 3.8) is 0 Å². The van der Waals surface area contributed by atoms with Crippen molar-refractivity contribution < 1.29 is 13.7 Å². The van der Waals surface area contributed by atoms with Crippen LogP contribution < -0.4 is 0 Å². The Morgan fingerprint density at radius 2 is 2.11 bits per heavy atom. The summed E-state index contributed by atoms with van der Waals surface area (Å²) in [4.78, 5) is 9.64. The van der Waals surface area contributed by atoms with Gasteiger partial charge in [0.1, 0.15) is 11.6 Å². The molecule has 2 rings (SSSR count). The van der Waals surface area contributed by atoms with E-state index in [4.69, 9.17) is 11.6 Å². The number of nitrogens with zero attached hydrogens (tertiary/aromatic N) is 4. The zero-order chi connectivity index (χ0) is 14.2. The van der Waals surface area contributed by atoms with Gasteiger partial charge in [-0.1, -0.05) is 0 Å². The van der Waals surface area contributed by atoms with Crippen LogP contribution in [0.4, 0.5) is 14.5 Å². The maximum absolute atomic E-state index is 14.0. The van der Waals surface area contributed by atoms with Crippen LogP contribution in [0.5, 0.6) is 0 Å². The van der Waals surface area contributed by atoms with Gasteiger partial charge in [0.2, 0.25) is 5.82 Å². The smallest absolute Gasteiger partial charge is 0.308 e. The summed E-state index contributed by atoms with van der Waals surface area (Å²) < 4.78 is 28.6. The Kier molecular flexibility index (Phi) is 3.43. The quantitative estimate of drug-likeness (QED) is 0.494. The van der Waals surface area contributed by atoms with Gasteiger partial charge in [0.15, 0.2) is 5.82 Å². The number of benzene rings is 1. The summed E-state index contributed by atoms with van der Waals surface area (Å²) in [6.07, 6.45) is 0. The molecule has 1 heterocycles. The molecule has 0 unspecified atom stereocenters. The Hall–Kier alpha value is -2.09. The SMILES string of the molecule is Cn1c(CCl)nnc1-c1cc(F)cc([N+](=O)[O-])c1F. The molecule has 0 aliphatic heterocycles. The number of hydrogen-bond acceptors (Lipinski definition) is 4. The molecule has 0 radical (unpaired) electrons. The monoisotopic (exact) mass is 288 g/mol. The highest BCUT2D eigenvalue weighted by atomic mass is 35.5. The van der Waals surface area contributed by atoms with Crippen molar-refractivity contribution in [1.29, 1.82) is 0 Å². The van der Waals surface area contributed by atoms with E-state index in [0.717, 1.165) is 6.07 Å². The fourth-order valence-electron chi connectivity index (χ4n) is 1.58. The Morgan fingerprint density at radius 3 is 2.63 bits per heavy atom. The second-order valence-electron chi connectivity index (χ2n) is 3.68. The molecule has 19 heavy (non-hydrogen) atoms. The van der Waals surface area contributed by atoms with E-state index >= 15 is 0 Å². The van der Waals surface area contributed by atoms with Gasteiger partial charge in [-0.3, -0.25) is 10.1 Å². The zero-order valence-corrected chi connectivity index (χ0v) is 10.4. The van der Waals surface area contributed by atoms with E-state index < -0.39 is 22.2 Å². The van der Waals surface area contributed by atoms with Gasteiger partial charge < -0.3 is 4.57 Å². The number of aromatic nitrogens is 3. The first-order chi connectivity index (χ1) is 8.95. The highest BCUT2D eigenvalue weighted by molar-refractivity contribution is 6.16. The van der Waals surface area contributed by atoms with Gasteiger partial charge in [-0.15, -0.1) is 21.8 Å². The normalized spacial score (nSPS) is 10.7. The molecule has 2 aromatic rings. The van der Waals surface area contributed by atoms with E-state index in [1.54, 1.807) is 0 Å². The van der Waals surface area contributed by atoms with E-state index in [9.17, 15) is 18.9 Å². The van der Waals surface area contributed by atoms with E-state index in [1.165, 1.54) is 11.6 Å². The summed E-state index contributed by atoms with van der Waals surface area (Å²) >= 11 is 5.59. The summed E-state index contributed by atoms with van der Waals surface area (Å²) in [7, 11) is 1.50. The number of hydrogen-bond donors (Lipinski definition) is 0. The van der Waals surface area contributed by atoms with Crippen LogP contribution in [0.15, 0.2) is 12.1 Å². The van der Waals surface area contributed by atoms with Crippen LogP contribution >= 0.6 is 11.6 Å². The summed E-state index contributed by atoms with van der Waals surface area (Å²) in [6, 6.07) is 1.34. The number of halogens is 3. The first-order valence-electron chi connectivity index (χ1n) is 5.03. The van der Waals surface area contributed by atoms with Crippen LogP contribution in [0.2, 0.25) is 0 Å². The van der Waals surface area contributed by atoms with Crippen LogP contribution in [-0.2, 0) is 12.9 Å². The van der Waals surface area contributed by atoms with Gasteiger partial charge in [0.25, 0.3) is 0 Å². The number of nitro groups is 1. The lowest BCUT2D eigenvalue weighted by Crippen LogP contribution is -2.02. The lowest BCUT2D eigenvalue weighted by Gasteiger charge is -2.04. The lowest BCUT2D eigenvalue weighted by atomic mass is 10.1. The van der Waals surface area contributed by atoms with Crippen molar-refractivity contribution in [2.24, 2.45) is 7.05 Å².